The molecule has 4 heteroatoms. The molecule has 0 N–H and O–H groups in total. The first-order valence-corrected chi connectivity index (χ1v) is 5.70. The van der Waals surface area contributed by atoms with Crippen molar-refractivity contribution in [3.63, 3.8) is 0 Å². The Kier molecular flexibility index (Phi) is 4.28. The van der Waals surface area contributed by atoms with E-state index in [1.165, 1.54) is 0 Å². The number of ether oxygens (including phenoxy) is 1. The van der Waals surface area contributed by atoms with E-state index < -0.39 is 5.97 Å². The molecule has 0 spiro atoms. The molecule has 0 amide bonds. The Labute approximate surface area is 82.2 Å². The van der Waals surface area contributed by atoms with E-state index >= 15 is 0 Å². The van der Waals surface area contributed by atoms with Crippen molar-refractivity contribution in [2.45, 2.75) is 19.8 Å². The van der Waals surface area contributed by atoms with Crippen LogP contribution in [-0.4, -0.2) is 29.9 Å². The molecule has 0 radical (unpaired) electrons. The predicted octanol–water partition coefficient (Wildman–Crippen LogP) is 1.26. The predicted molar refractivity (Wildman–Crippen MR) is 51.7 cm³/mol. The van der Waals surface area contributed by atoms with E-state index in [2.05, 4.69) is 4.74 Å². The fourth-order valence-corrected chi connectivity index (χ4v) is 2.44. The minimum Gasteiger partial charge on any atom is -0.460 e. The molecule has 3 nitrogen and oxygen atoms in total. The average molecular weight is 202 g/mol. The van der Waals surface area contributed by atoms with Gasteiger partial charge in [0.25, 0.3) is 0 Å². The standard InChI is InChI=1S/C9H14O3S/c1-2-12-9(11)8(10)7-3-5-13-6-4-7/h7H,2-6H2,1H3. The number of carbonyl (C=O) groups is 2. The van der Waals surface area contributed by atoms with Crippen molar-refractivity contribution >= 4 is 23.5 Å². The van der Waals surface area contributed by atoms with Gasteiger partial charge in [0.05, 0.1) is 6.61 Å². The van der Waals surface area contributed by atoms with E-state index in [1.807, 2.05) is 11.8 Å². The summed E-state index contributed by atoms with van der Waals surface area (Å²) in [5.74, 6) is 0.896. The molecular formula is C9H14O3S. The molecule has 0 saturated carbocycles. The summed E-state index contributed by atoms with van der Waals surface area (Å²) >= 11 is 1.84. The van der Waals surface area contributed by atoms with Crippen molar-refractivity contribution in [1.29, 1.82) is 0 Å². The van der Waals surface area contributed by atoms with Crippen molar-refractivity contribution in [1.82, 2.24) is 0 Å². The van der Waals surface area contributed by atoms with Gasteiger partial charge in [-0.25, -0.2) is 4.79 Å². The lowest BCUT2D eigenvalue weighted by Crippen LogP contribution is -2.28. The Morgan fingerprint density at radius 3 is 2.54 bits per heavy atom. The number of hydrogen-bond donors (Lipinski definition) is 0. The van der Waals surface area contributed by atoms with Gasteiger partial charge in [-0.3, -0.25) is 4.79 Å². The van der Waals surface area contributed by atoms with E-state index in [0.717, 1.165) is 24.3 Å². The Hall–Kier alpha value is -0.510. The molecule has 1 rings (SSSR count). The summed E-state index contributed by atoms with van der Waals surface area (Å²) in [6.07, 6.45) is 1.64. The largest absolute Gasteiger partial charge is 0.460 e. The van der Waals surface area contributed by atoms with Gasteiger partial charge in [-0.1, -0.05) is 0 Å². The van der Waals surface area contributed by atoms with Gasteiger partial charge in [0.2, 0.25) is 5.78 Å². The van der Waals surface area contributed by atoms with Crippen molar-refractivity contribution in [2.24, 2.45) is 5.92 Å². The van der Waals surface area contributed by atoms with Gasteiger partial charge in [-0.05, 0) is 31.3 Å². The number of hydrogen-bond acceptors (Lipinski definition) is 4. The number of rotatable bonds is 3. The molecule has 0 aromatic carbocycles. The smallest absolute Gasteiger partial charge is 0.374 e. The summed E-state index contributed by atoms with van der Waals surface area (Å²) in [4.78, 5) is 22.5. The summed E-state index contributed by atoms with van der Waals surface area (Å²) in [5.41, 5.74) is 0. The van der Waals surface area contributed by atoms with Crippen LogP contribution in [0.15, 0.2) is 0 Å². The van der Waals surface area contributed by atoms with Crippen LogP contribution in [0, 0.1) is 5.92 Å². The van der Waals surface area contributed by atoms with Crippen LogP contribution in [0.1, 0.15) is 19.8 Å². The molecule has 0 bridgehead atoms. The topological polar surface area (TPSA) is 43.4 Å². The Bertz CT molecular complexity index is 197. The molecule has 13 heavy (non-hydrogen) atoms. The van der Waals surface area contributed by atoms with Crippen LogP contribution in [0.5, 0.6) is 0 Å². The molecule has 1 heterocycles. The maximum absolute atomic E-state index is 11.4. The van der Waals surface area contributed by atoms with Gasteiger partial charge in [-0.2, -0.15) is 11.8 Å². The second-order valence-electron chi connectivity index (χ2n) is 2.97. The number of thioether (sulfide) groups is 1. The number of esters is 1. The van der Waals surface area contributed by atoms with E-state index in [4.69, 9.17) is 0 Å². The molecule has 0 atom stereocenters. The molecule has 1 saturated heterocycles. The third kappa shape index (κ3) is 3.03. The second-order valence-corrected chi connectivity index (χ2v) is 4.20. The molecule has 1 aliphatic rings. The lowest BCUT2D eigenvalue weighted by Gasteiger charge is -2.18. The van der Waals surface area contributed by atoms with E-state index in [-0.39, 0.29) is 18.3 Å². The minimum absolute atomic E-state index is 0.0831. The Balaban J connectivity index is 2.40. The number of carbonyl (C=O) groups excluding carboxylic acids is 2. The highest BCUT2D eigenvalue weighted by molar-refractivity contribution is 7.99. The van der Waals surface area contributed by atoms with Crippen LogP contribution in [0.3, 0.4) is 0 Å². The lowest BCUT2D eigenvalue weighted by molar-refractivity contribution is -0.155. The van der Waals surface area contributed by atoms with Gasteiger partial charge in [0.15, 0.2) is 0 Å². The van der Waals surface area contributed by atoms with Crippen LogP contribution in [0.2, 0.25) is 0 Å². The van der Waals surface area contributed by atoms with Crippen LogP contribution in [0.4, 0.5) is 0 Å². The van der Waals surface area contributed by atoms with Crippen LogP contribution in [0.25, 0.3) is 0 Å². The number of Topliss-reactive ketones (excluding diaryl/α,β-unsaturated/α-hetero) is 1. The molecule has 0 aromatic heterocycles. The third-order valence-electron chi connectivity index (χ3n) is 2.07. The molecular weight excluding hydrogens is 188 g/mol. The fourth-order valence-electron chi connectivity index (χ4n) is 1.33. The highest BCUT2D eigenvalue weighted by atomic mass is 32.2. The van der Waals surface area contributed by atoms with Gasteiger partial charge in [-0.15, -0.1) is 0 Å². The van der Waals surface area contributed by atoms with Gasteiger partial charge >= 0.3 is 5.97 Å². The van der Waals surface area contributed by atoms with Crippen LogP contribution in [-0.2, 0) is 14.3 Å². The Morgan fingerprint density at radius 2 is 2.00 bits per heavy atom. The van der Waals surface area contributed by atoms with Crippen molar-refractivity contribution in [2.75, 3.05) is 18.1 Å². The lowest BCUT2D eigenvalue weighted by atomic mass is 9.98. The van der Waals surface area contributed by atoms with Crippen LogP contribution < -0.4 is 0 Å². The molecule has 0 aromatic rings. The SMILES string of the molecule is CCOC(=O)C(=O)C1CCSCC1. The van der Waals surface area contributed by atoms with Crippen molar-refractivity contribution < 1.29 is 14.3 Å². The number of ketones is 1. The quantitative estimate of drug-likeness (QED) is 0.510. The second kappa shape index (κ2) is 5.27. The monoisotopic (exact) mass is 202 g/mol. The molecule has 0 aliphatic carbocycles. The molecule has 1 aliphatic heterocycles. The van der Waals surface area contributed by atoms with E-state index in [9.17, 15) is 9.59 Å². The van der Waals surface area contributed by atoms with Crippen molar-refractivity contribution in [3.8, 4) is 0 Å². The first-order valence-electron chi connectivity index (χ1n) is 4.54. The van der Waals surface area contributed by atoms with Gasteiger partial charge in [0.1, 0.15) is 0 Å². The normalized spacial score (nSPS) is 18.2. The summed E-state index contributed by atoms with van der Waals surface area (Å²) in [6.45, 7) is 1.99. The van der Waals surface area contributed by atoms with Gasteiger partial charge in [0, 0.05) is 5.92 Å². The summed E-state index contributed by atoms with van der Waals surface area (Å²) in [7, 11) is 0. The van der Waals surface area contributed by atoms with E-state index in [1.54, 1.807) is 6.92 Å². The summed E-state index contributed by atoms with van der Waals surface area (Å²) < 4.78 is 4.66. The average Bonchev–Trinajstić information content (AvgIpc) is 2.18. The maximum atomic E-state index is 11.4. The first-order chi connectivity index (χ1) is 6.25. The van der Waals surface area contributed by atoms with Crippen LogP contribution >= 0.6 is 11.8 Å². The molecule has 1 fully saturated rings. The highest BCUT2D eigenvalue weighted by Crippen LogP contribution is 2.23. The highest BCUT2D eigenvalue weighted by Gasteiger charge is 2.27. The zero-order valence-corrected chi connectivity index (χ0v) is 8.56. The Morgan fingerprint density at radius 1 is 1.38 bits per heavy atom. The van der Waals surface area contributed by atoms with Crippen molar-refractivity contribution in [3.05, 3.63) is 0 Å². The van der Waals surface area contributed by atoms with Gasteiger partial charge < -0.3 is 4.74 Å². The molecule has 74 valence electrons. The fraction of sp³-hybridized carbons (Fsp3) is 0.778. The summed E-state index contributed by atoms with van der Waals surface area (Å²) in [6, 6.07) is 0. The molecule has 0 unspecified atom stereocenters. The summed E-state index contributed by atoms with van der Waals surface area (Å²) in [5, 5.41) is 0. The third-order valence-corrected chi connectivity index (χ3v) is 3.12. The van der Waals surface area contributed by atoms with E-state index in [0.29, 0.717) is 0 Å². The zero-order chi connectivity index (χ0) is 9.68. The minimum atomic E-state index is -0.653. The maximum Gasteiger partial charge on any atom is 0.374 e. The first kappa shape index (κ1) is 10.6. The zero-order valence-electron chi connectivity index (χ0n) is 7.75.